The Labute approximate surface area is 201 Å². The van der Waals surface area contributed by atoms with E-state index in [1.165, 1.54) is 12.1 Å². The average molecular weight is 521 g/mol. The van der Waals surface area contributed by atoms with Crippen LogP contribution in [0.25, 0.3) is 0 Å². The lowest BCUT2D eigenvalue weighted by Gasteiger charge is -2.45. The summed E-state index contributed by atoms with van der Waals surface area (Å²) in [4.78, 5) is 36.2. The molecule has 14 heteroatoms. The average Bonchev–Trinajstić information content (AvgIpc) is 2.73. The van der Waals surface area contributed by atoms with E-state index in [9.17, 15) is 31.9 Å². The Morgan fingerprint density at radius 1 is 1.20 bits per heavy atom. The van der Waals surface area contributed by atoms with Gasteiger partial charge in [0.05, 0.1) is 11.2 Å². The molecule has 1 aliphatic rings. The Hall–Kier alpha value is -3.35. The van der Waals surface area contributed by atoms with Crippen LogP contribution in [0.15, 0.2) is 35.3 Å². The molecule has 2 aromatic rings. The first-order valence-corrected chi connectivity index (χ1v) is 10.7. The maximum Gasteiger partial charge on any atom is 0.408 e. The van der Waals surface area contributed by atoms with Crippen LogP contribution in [-0.2, 0) is 16.1 Å². The van der Waals surface area contributed by atoms with Gasteiger partial charge >= 0.3 is 11.7 Å². The van der Waals surface area contributed by atoms with E-state index < -0.39 is 53.8 Å². The van der Waals surface area contributed by atoms with Gasteiger partial charge in [0.25, 0.3) is 11.8 Å². The second-order valence-corrected chi connectivity index (χ2v) is 8.62. The normalized spacial score (nSPS) is 19.4. The summed E-state index contributed by atoms with van der Waals surface area (Å²) in [5.41, 5.74) is -1.77. The molecule has 1 aromatic heterocycles. The third-order valence-electron chi connectivity index (χ3n) is 5.03. The molecule has 1 fully saturated rings. The van der Waals surface area contributed by atoms with Crippen molar-refractivity contribution in [2.24, 2.45) is 0 Å². The van der Waals surface area contributed by atoms with E-state index >= 15 is 0 Å². The SMILES string of the molecule is CC1(NC(=O)COc2ccnn(CC(F)(F)F)c2=O)CC(NC(=O)COc2ccc(Cl)c(F)c2)C1. The number of rotatable bonds is 9. The van der Waals surface area contributed by atoms with E-state index in [1.54, 1.807) is 6.92 Å². The van der Waals surface area contributed by atoms with E-state index in [0.717, 1.165) is 18.3 Å². The van der Waals surface area contributed by atoms with Crippen LogP contribution in [0.2, 0.25) is 5.02 Å². The third-order valence-corrected chi connectivity index (χ3v) is 5.33. The van der Waals surface area contributed by atoms with Crippen LogP contribution in [0, 0.1) is 5.82 Å². The highest BCUT2D eigenvalue weighted by Gasteiger charge is 2.42. The molecular weight excluding hydrogens is 500 g/mol. The molecule has 2 N–H and O–H groups in total. The number of amides is 2. The van der Waals surface area contributed by atoms with Crippen LogP contribution in [0.5, 0.6) is 11.5 Å². The van der Waals surface area contributed by atoms with Crippen LogP contribution in [0.4, 0.5) is 17.6 Å². The molecular formula is C21H21ClF4N4O5. The predicted molar refractivity (Wildman–Crippen MR) is 115 cm³/mol. The maximum atomic E-state index is 13.4. The summed E-state index contributed by atoms with van der Waals surface area (Å²) in [5, 5.41) is 8.70. The molecule has 0 unspecified atom stereocenters. The molecule has 0 radical (unpaired) electrons. The van der Waals surface area contributed by atoms with Gasteiger partial charge in [-0.1, -0.05) is 11.6 Å². The van der Waals surface area contributed by atoms with Crippen molar-refractivity contribution in [3.63, 3.8) is 0 Å². The number of halogens is 5. The molecule has 1 aromatic carbocycles. The lowest BCUT2D eigenvalue weighted by atomic mass is 9.74. The number of hydrogen-bond acceptors (Lipinski definition) is 6. The molecule has 0 saturated heterocycles. The van der Waals surface area contributed by atoms with E-state index in [-0.39, 0.29) is 28.1 Å². The van der Waals surface area contributed by atoms with Crippen molar-refractivity contribution >= 4 is 23.4 Å². The van der Waals surface area contributed by atoms with Crippen molar-refractivity contribution in [3.8, 4) is 11.5 Å². The van der Waals surface area contributed by atoms with Crippen LogP contribution in [0.3, 0.4) is 0 Å². The van der Waals surface area contributed by atoms with Gasteiger partial charge in [0.1, 0.15) is 18.1 Å². The monoisotopic (exact) mass is 520 g/mol. The van der Waals surface area contributed by atoms with Gasteiger partial charge in [0, 0.05) is 23.7 Å². The first-order valence-electron chi connectivity index (χ1n) is 10.3. The van der Waals surface area contributed by atoms with Gasteiger partial charge in [-0.3, -0.25) is 14.4 Å². The fraction of sp³-hybridized carbons (Fsp3) is 0.429. The third kappa shape index (κ3) is 7.57. The smallest absolute Gasteiger partial charge is 0.408 e. The maximum absolute atomic E-state index is 13.4. The minimum absolute atomic E-state index is 0.0673. The summed E-state index contributed by atoms with van der Waals surface area (Å²) < 4.78 is 61.4. The Bertz CT molecular complexity index is 1150. The second-order valence-electron chi connectivity index (χ2n) is 8.21. The minimum atomic E-state index is -4.64. The topological polar surface area (TPSA) is 112 Å². The van der Waals surface area contributed by atoms with E-state index in [0.29, 0.717) is 12.8 Å². The van der Waals surface area contributed by atoms with E-state index in [4.69, 9.17) is 21.1 Å². The summed E-state index contributed by atoms with van der Waals surface area (Å²) >= 11 is 5.58. The molecule has 3 rings (SSSR count). The molecule has 9 nitrogen and oxygen atoms in total. The Balaban J connectivity index is 1.40. The largest absolute Gasteiger partial charge is 0.484 e. The summed E-state index contributed by atoms with van der Waals surface area (Å²) in [6, 6.07) is 4.62. The number of carbonyl (C=O) groups is 2. The number of nitrogens with zero attached hydrogens (tertiary/aromatic N) is 2. The van der Waals surface area contributed by atoms with Crippen molar-refractivity contribution in [3.05, 3.63) is 51.7 Å². The first kappa shape index (κ1) is 26.3. The zero-order valence-corrected chi connectivity index (χ0v) is 19.1. The number of ether oxygens (including phenoxy) is 2. The number of aromatic nitrogens is 2. The van der Waals surface area contributed by atoms with Crippen molar-refractivity contribution < 1.29 is 36.6 Å². The zero-order chi connectivity index (χ0) is 25.8. The first-order chi connectivity index (χ1) is 16.3. The number of nitrogens with one attached hydrogen (secondary N) is 2. The van der Waals surface area contributed by atoms with Crippen LogP contribution < -0.4 is 25.7 Å². The molecule has 0 bridgehead atoms. The van der Waals surface area contributed by atoms with Crippen molar-refractivity contribution in [2.45, 2.75) is 44.1 Å². The van der Waals surface area contributed by atoms with Crippen LogP contribution >= 0.6 is 11.6 Å². The zero-order valence-electron chi connectivity index (χ0n) is 18.3. The van der Waals surface area contributed by atoms with Gasteiger partial charge in [0.2, 0.25) is 0 Å². The molecule has 190 valence electrons. The molecule has 0 atom stereocenters. The van der Waals surface area contributed by atoms with E-state index in [1.807, 2.05) is 0 Å². The van der Waals surface area contributed by atoms with Crippen molar-refractivity contribution in [2.75, 3.05) is 13.2 Å². The highest BCUT2D eigenvalue weighted by Crippen LogP contribution is 2.31. The summed E-state index contributed by atoms with van der Waals surface area (Å²) in [7, 11) is 0. The minimum Gasteiger partial charge on any atom is -0.484 e. The molecule has 1 aliphatic carbocycles. The van der Waals surface area contributed by atoms with Crippen LogP contribution in [-0.4, -0.2) is 52.6 Å². The summed E-state index contributed by atoms with van der Waals surface area (Å²) in [6.07, 6.45) is -2.88. The van der Waals surface area contributed by atoms with Gasteiger partial charge in [-0.2, -0.15) is 18.3 Å². The van der Waals surface area contributed by atoms with E-state index in [2.05, 4.69) is 15.7 Å². The van der Waals surface area contributed by atoms with Gasteiger partial charge in [-0.15, -0.1) is 0 Å². The highest BCUT2D eigenvalue weighted by atomic mass is 35.5. The number of hydrogen-bond donors (Lipinski definition) is 2. The summed E-state index contributed by atoms with van der Waals surface area (Å²) in [6.45, 7) is -0.777. The number of alkyl halides is 3. The molecule has 0 aliphatic heterocycles. The highest BCUT2D eigenvalue weighted by molar-refractivity contribution is 6.30. The fourth-order valence-corrected chi connectivity index (χ4v) is 3.68. The Morgan fingerprint density at radius 2 is 1.89 bits per heavy atom. The molecule has 0 spiro atoms. The molecule has 1 heterocycles. The predicted octanol–water partition coefficient (Wildman–Crippen LogP) is 2.21. The number of carbonyl (C=O) groups excluding carboxylic acids is 2. The van der Waals surface area contributed by atoms with Gasteiger partial charge < -0.3 is 20.1 Å². The van der Waals surface area contributed by atoms with Crippen LogP contribution in [0.1, 0.15) is 19.8 Å². The quantitative estimate of drug-likeness (QED) is 0.490. The summed E-state index contributed by atoms with van der Waals surface area (Å²) in [5.74, 6) is -2.00. The molecule has 1 saturated carbocycles. The van der Waals surface area contributed by atoms with Crippen molar-refractivity contribution in [1.82, 2.24) is 20.4 Å². The number of benzene rings is 1. The van der Waals surface area contributed by atoms with Crippen molar-refractivity contribution in [1.29, 1.82) is 0 Å². The fourth-order valence-electron chi connectivity index (χ4n) is 3.56. The van der Waals surface area contributed by atoms with Gasteiger partial charge in [-0.25, -0.2) is 9.07 Å². The molecule has 2 amide bonds. The Kier molecular flexibility index (Phi) is 7.88. The molecule has 35 heavy (non-hydrogen) atoms. The lowest BCUT2D eigenvalue weighted by Crippen LogP contribution is -2.62. The second kappa shape index (κ2) is 10.5. The lowest BCUT2D eigenvalue weighted by molar-refractivity contribution is -0.143. The Morgan fingerprint density at radius 3 is 2.54 bits per heavy atom. The van der Waals surface area contributed by atoms with Gasteiger partial charge in [-0.05, 0) is 31.9 Å². The van der Waals surface area contributed by atoms with Gasteiger partial charge in [0.15, 0.2) is 19.0 Å². The standard InChI is InChI=1S/C21H21ClF4N4O5/c1-20(7-12(8-20)28-17(31)9-34-13-2-3-14(22)15(23)6-13)29-18(32)10-35-16-4-5-27-30(19(16)33)11-21(24,25)26/h2-6,12H,7-11H2,1H3,(H,28,31)(H,29,32).